The van der Waals surface area contributed by atoms with E-state index in [1.807, 2.05) is 36.4 Å². The van der Waals surface area contributed by atoms with E-state index in [2.05, 4.69) is 34.7 Å². The van der Waals surface area contributed by atoms with Crippen LogP contribution in [0.25, 0.3) is 11.1 Å². The van der Waals surface area contributed by atoms with Gasteiger partial charge in [-0.2, -0.15) is 0 Å². The van der Waals surface area contributed by atoms with Crippen LogP contribution in [0.5, 0.6) is 0 Å². The van der Waals surface area contributed by atoms with E-state index in [1.54, 1.807) is 4.57 Å². The van der Waals surface area contributed by atoms with Crippen LogP contribution in [0.2, 0.25) is 0 Å². The molecule has 0 aliphatic rings. The number of aromatic nitrogens is 1. The van der Waals surface area contributed by atoms with Crippen LogP contribution in [0.4, 0.5) is 0 Å². The topological polar surface area (TPSA) is 35.1 Å². The lowest BCUT2D eigenvalue weighted by Gasteiger charge is -2.03. The molecule has 1 aromatic heterocycles. The zero-order chi connectivity index (χ0) is 13.9. The van der Waals surface area contributed by atoms with E-state index in [4.69, 9.17) is 4.42 Å². The van der Waals surface area contributed by atoms with Crippen LogP contribution in [-0.2, 0) is 13.0 Å². The first-order valence-corrected chi connectivity index (χ1v) is 7.65. The van der Waals surface area contributed by atoms with Gasteiger partial charge in [0.25, 0.3) is 0 Å². The highest BCUT2D eigenvalue weighted by atomic mass is 127. The zero-order valence-electron chi connectivity index (χ0n) is 10.9. The van der Waals surface area contributed by atoms with Gasteiger partial charge in [0.1, 0.15) is 0 Å². The van der Waals surface area contributed by atoms with Crippen LogP contribution >= 0.6 is 22.6 Å². The van der Waals surface area contributed by atoms with E-state index in [0.717, 1.165) is 21.9 Å². The Morgan fingerprint density at radius 3 is 2.70 bits per heavy atom. The summed E-state index contributed by atoms with van der Waals surface area (Å²) in [5, 5.41) is 0. The molecule has 0 spiro atoms. The van der Waals surface area contributed by atoms with Crippen molar-refractivity contribution in [3.05, 3.63) is 68.2 Å². The van der Waals surface area contributed by atoms with E-state index < -0.39 is 0 Å². The van der Waals surface area contributed by atoms with Gasteiger partial charge < -0.3 is 4.42 Å². The molecule has 0 fully saturated rings. The largest absolute Gasteiger partial charge is 0.419 e. The molecule has 0 atom stereocenters. The molecule has 0 saturated heterocycles. The number of fused-ring (bicyclic) bond motifs is 1. The average Bonchev–Trinajstić information content (AvgIpc) is 2.76. The molecule has 3 aromatic rings. The van der Waals surface area contributed by atoms with E-state index >= 15 is 0 Å². The fourth-order valence-corrected chi connectivity index (χ4v) is 2.81. The van der Waals surface area contributed by atoms with Gasteiger partial charge in [-0.25, -0.2) is 4.79 Å². The molecule has 0 aliphatic carbocycles. The van der Waals surface area contributed by atoms with Crippen molar-refractivity contribution in [3.8, 4) is 0 Å². The van der Waals surface area contributed by atoms with E-state index in [9.17, 15) is 4.79 Å². The summed E-state index contributed by atoms with van der Waals surface area (Å²) in [6.07, 6.45) is 1.88. The Morgan fingerprint density at radius 1 is 1.10 bits per heavy atom. The number of nitrogens with zero attached hydrogens (tertiary/aromatic N) is 1. The van der Waals surface area contributed by atoms with Gasteiger partial charge in [-0.15, -0.1) is 0 Å². The maximum absolute atomic E-state index is 11.9. The highest BCUT2D eigenvalue weighted by molar-refractivity contribution is 14.1. The first kappa shape index (κ1) is 13.4. The van der Waals surface area contributed by atoms with Crippen LogP contribution < -0.4 is 5.76 Å². The summed E-state index contributed by atoms with van der Waals surface area (Å²) in [6, 6.07) is 16.1. The normalized spacial score (nSPS) is 11.1. The fraction of sp³-hybridized carbons (Fsp3) is 0.188. The number of aryl methyl sites for hydroxylation is 2. The van der Waals surface area contributed by atoms with Crippen LogP contribution in [-0.4, -0.2) is 4.57 Å². The number of rotatable bonds is 4. The van der Waals surface area contributed by atoms with Gasteiger partial charge in [0.15, 0.2) is 5.58 Å². The van der Waals surface area contributed by atoms with Crippen molar-refractivity contribution < 1.29 is 4.42 Å². The Balaban J connectivity index is 1.79. The maximum atomic E-state index is 11.9. The van der Waals surface area contributed by atoms with Crippen LogP contribution in [0.1, 0.15) is 12.0 Å². The smallest absolute Gasteiger partial charge is 0.408 e. The molecule has 2 aromatic carbocycles. The Morgan fingerprint density at radius 2 is 1.90 bits per heavy atom. The molecule has 0 bridgehead atoms. The summed E-state index contributed by atoms with van der Waals surface area (Å²) >= 11 is 2.24. The van der Waals surface area contributed by atoms with Crippen LogP contribution in [0.15, 0.2) is 57.7 Å². The highest BCUT2D eigenvalue weighted by Crippen LogP contribution is 2.17. The quantitative estimate of drug-likeness (QED) is 0.646. The van der Waals surface area contributed by atoms with Crippen molar-refractivity contribution in [2.75, 3.05) is 0 Å². The standard InChI is InChI=1S/C16H14INO2/c17-13-8-9-15-14(11-13)18(16(19)20-15)10-4-7-12-5-2-1-3-6-12/h1-3,5-6,8-9,11H,4,7,10H2. The molecule has 0 N–H and O–H groups in total. The Hall–Kier alpha value is -1.56. The average molecular weight is 379 g/mol. The number of hydrogen-bond acceptors (Lipinski definition) is 2. The van der Waals surface area contributed by atoms with Crippen molar-refractivity contribution >= 4 is 33.7 Å². The molecule has 3 nitrogen and oxygen atoms in total. The summed E-state index contributed by atoms with van der Waals surface area (Å²) in [5.74, 6) is -0.268. The van der Waals surface area contributed by atoms with Crippen molar-refractivity contribution in [2.45, 2.75) is 19.4 Å². The molecule has 102 valence electrons. The molecule has 1 heterocycles. The maximum Gasteiger partial charge on any atom is 0.419 e. The van der Waals surface area contributed by atoms with E-state index in [0.29, 0.717) is 12.1 Å². The van der Waals surface area contributed by atoms with E-state index in [1.165, 1.54) is 5.56 Å². The Labute approximate surface area is 130 Å². The van der Waals surface area contributed by atoms with Crippen molar-refractivity contribution in [2.24, 2.45) is 0 Å². The summed E-state index contributed by atoms with van der Waals surface area (Å²) in [7, 11) is 0. The molecule has 20 heavy (non-hydrogen) atoms. The fourth-order valence-electron chi connectivity index (χ4n) is 2.33. The summed E-state index contributed by atoms with van der Waals surface area (Å²) in [6.45, 7) is 0.681. The van der Waals surface area contributed by atoms with Crippen molar-refractivity contribution in [3.63, 3.8) is 0 Å². The minimum Gasteiger partial charge on any atom is -0.408 e. The SMILES string of the molecule is O=c1oc2ccc(I)cc2n1CCCc1ccccc1. The molecule has 0 unspecified atom stereocenters. The van der Waals surface area contributed by atoms with Gasteiger partial charge in [-0.1, -0.05) is 30.3 Å². The number of oxazole rings is 1. The molecule has 0 amide bonds. The van der Waals surface area contributed by atoms with Crippen LogP contribution in [0, 0.1) is 3.57 Å². The summed E-state index contributed by atoms with van der Waals surface area (Å²) in [5.41, 5.74) is 2.84. The molecule has 0 radical (unpaired) electrons. The first-order chi connectivity index (χ1) is 9.74. The lowest BCUT2D eigenvalue weighted by atomic mass is 10.1. The molecule has 3 rings (SSSR count). The molecule has 0 saturated carbocycles. The van der Waals surface area contributed by atoms with Gasteiger partial charge in [-0.05, 0) is 59.2 Å². The third kappa shape index (κ3) is 2.80. The number of benzene rings is 2. The minimum atomic E-state index is -0.268. The highest BCUT2D eigenvalue weighted by Gasteiger charge is 2.09. The third-order valence-corrected chi connectivity index (χ3v) is 3.99. The first-order valence-electron chi connectivity index (χ1n) is 6.57. The van der Waals surface area contributed by atoms with Gasteiger partial charge in [0.2, 0.25) is 0 Å². The van der Waals surface area contributed by atoms with Crippen molar-refractivity contribution in [1.82, 2.24) is 4.57 Å². The lowest BCUT2D eigenvalue weighted by Crippen LogP contribution is -2.14. The predicted molar refractivity (Wildman–Crippen MR) is 88.0 cm³/mol. The van der Waals surface area contributed by atoms with Crippen molar-refractivity contribution in [1.29, 1.82) is 0 Å². The van der Waals surface area contributed by atoms with E-state index in [-0.39, 0.29) is 5.76 Å². The van der Waals surface area contributed by atoms with Gasteiger partial charge in [-0.3, -0.25) is 4.57 Å². The monoisotopic (exact) mass is 379 g/mol. The lowest BCUT2D eigenvalue weighted by molar-refractivity contribution is 0.497. The second kappa shape index (κ2) is 5.83. The summed E-state index contributed by atoms with van der Waals surface area (Å²) < 4.78 is 8.09. The Bertz CT molecular complexity index is 774. The van der Waals surface area contributed by atoms with Gasteiger partial charge in [0, 0.05) is 10.1 Å². The second-order valence-corrected chi connectivity index (χ2v) is 5.97. The zero-order valence-corrected chi connectivity index (χ0v) is 13.0. The predicted octanol–water partition coefficient (Wildman–Crippen LogP) is 3.83. The Kier molecular flexibility index (Phi) is 3.91. The molecular weight excluding hydrogens is 365 g/mol. The van der Waals surface area contributed by atoms with Gasteiger partial charge in [0.05, 0.1) is 5.52 Å². The number of hydrogen-bond donors (Lipinski definition) is 0. The van der Waals surface area contributed by atoms with Gasteiger partial charge >= 0.3 is 5.76 Å². The minimum absolute atomic E-state index is 0.268. The summed E-state index contributed by atoms with van der Waals surface area (Å²) in [4.78, 5) is 11.9. The molecular formula is C16H14INO2. The molecule has 4 heteroatoms. The second-order valence-electron chi connectivity index (χ2n) is 4.72. The number of halogens is 1. The third-order valence-electron chi connectivity index (χ3n) is 3.32. The molecule has 0 aliphatic heterocycles. The van der Waals surface area contributed by atoms with Crippen LogP contribution in [0.3, 0.4) is 0 Å².